The molecule has 0 heterocycles. The van der Waals surface area contributed by atoms with E-state index in [1.54, 1.807) is 0 Å². The third-order valence-electron chi connectivity index (χ3n) is 6.61. The van der Waals surface area contributed by atoms with Crippen molar-refractivity contribution in [3.63, 3.8) is 0 Å². The van der Waals surface area contributed by atoms with Gasteiger partial charge in [0.05, 0.1) is 26.6 Å². The first-order valence-electron chi connectivity index (χ1n) is 13.0. The van der Waals surface area contributed by atoms with E-state index in [1.165, 1.54) is 7.05 Å². The van der Waals surface area contributed by atoms with Crippen LogP contribution >= 0.6 is 11.8 Å². The minimum Gasteiger partial charge on any atom is -0.481 e. The molecule has 0 aliphatic rings. The number of rotatable bonds is 21. The minimum atomic E-state index is -7.97. The van der Waals surface area contributed by atoms with E-state index in [2.05, 4.69) is 6.92 Å². The zero-order valence-corrected chi connectivity index (χ0v) is 23.7. The molecule has 0 radical (unpaired) electrons. The van der Waals surface area contributed by atoms with Crippen molar-refractivity contribution in [3.05, 3.63) is 0 Å². The molecule has 250 valence electrons. The number of carbonyl (C=O) groups is 2. The molecule has 0 fully saturated rings. The van der Waals surface area contributed by atoms with Crippen LogP contribution in [-0.4, -0.2) is 88.9 Å². The van der Waals surface area contributed by atoms with Gasteiger partial charge in [-0.2, -0.15) is 57.1 Å². The molecule has 0 saturated heterocycles. The number of hydrogen-bond acceptors (Lipinski definition) is 3. The standard InChI is InChI=1S/C24H34F13NO3S/c1-3-4-5-6-7-8-9-10-13-38(2,14-11-17(39)40)16-18(41)42-15-12-19(25,26)20(27,28)21(29,30)22(31,32)23(33,34)24(35,36)37/h3-16H2,1-2H3/p+1. The second-order valence-corrected chi connectivity index (χ2v) is 11.5. The van der Waals surface area contributed by atoms with Gasteiger partial charge >= 0.3 is 41.8 Å². The lowest BCUT2D eigenvalue weighted by Gasteiger charge is -2.39. The Morgan fingerprint density at radius 3 is 1.57 bits per heavy atom. The zero-order chi connectivity index (χ0) is 33.3. The number of carbonyl (C=O) groups excluding carboxylic acids is 1. The van der Waals surface area contributed by atoms with Gasteiger partial charge in [0.2, 0.25) is 5.12 Å². The number of alkyl halides is 13. The minimum absolute atomic E-state index is 0.0961. The van der Waals surface area contributed by atoms with E-state index in [9.17, 15) is 66.7 Å². The number of likely N-dealkylation sites (N-methyl/N-ethyl adjacent to an activating group) is 1. The first-order chi connectivity index (χ1) is 18.8. The monoisotopic (exact) mass is 664 g/mol. The molecule has 0 aromatic rings. The van der Waals surface area contributed by atoms with E-state index in [0.29, 0.717) is 6.42 Å². The number of thioether (sulfide) groups is 1. The Balaban J connectivity index is 5.33. The largest absolute Gasteiger partial charge is 0.481 e. The average Bonchev–Trinajstić information content (AvgIpc) is 2.83. The van der Waals surface area contributed by atoms with Crippen molar-refractivity contribution in [3.8, 4) is 0 Å². The number of halogens is 13. The number of nitrogens with zero attached hydrogens (tertiary/aromatic N) is 1. The molecule has 0 spiro atoms. The van der Waals surface area contributed by atoms with Crippen LogP contribution in [0.1, 0.15) is 71.1 Å². The topological polar surface area (TPSA) is 54.4 Å². The van der Waals surface area contributed by atoms with Gasteiger partial charge in [-0.05, 0) is 12.8 Å². The van der Waals surface area contributed by atoms with E-state index in [-0.39, 0.29) is 29.3 Å². The molecule has 0 aromatic carbocycles. The predicted octanol–water partition coefficient (Wildman–Crippen LogP) is 8.44. The van der Waals surface area contributed by atoms with Crippen LogP contribution in [0.2, 0.25) is 0 Å². The number of carboxylic acids is 1. The molecule has 1 atom stereocenters. The summed E-state index contributed by atoms with van der Waals surface area (Å²) in [6.45, 7) is 1.71. The fraction of sp³-hybridized carbons (Fsp3) is 0.917. The second kappa shape index (κ2) is 15.5. The Kier molecular flexibility index (Phi) is 15.0. The molecule has 0 amide bonds. The summed E-state index contributed by atoms with van der Waals surface area (Å²) < 4.78 is 172. The molecule has 4 nitrogen and oxygen atoms in total. The summed E-state index contributed by atoms with van der Waals surface area (Å²) in [5, 5.41) is 7.99. The SMILES string of the molecule is CCCCCCCCCC[N+](C)(CCC(=O)O)CC(=O)SCCC(F)(F)C(F)(F)C(F)(F)C(F)(F)C(F)(F)C(F)(F)F. The van der Waals surface area contributed by atoms with Gasteiger partial charge in [0.1, 0.15) is 6.54 Å². The Morgan fingerprint density at radius 1 is 0.667 bits per heavy atom. The summed E-state index contributed by atoms with van der Waals surface area (Å²) in [5.41, 5.74) is 0. The first-order valence-corrected chi connectivity index (χ1v) is 14.0. The summed E-state index contributed by atoms with van der Waals surface area (Å²) in [5.74, 6) is -39.9. The van der Waals surface area contributed by atoms with E-state index in [4.69, 9.17) is 5.11 Å². The molecule has 0 bridgehead atoms. The molecule has 1 unspecified atom stereocenters. The average molecular weight is 665 g/mol. The summed E-state index contributed by atoms with van der Waals surface area (Å²) in [6, 6.07) is 0. The normalized spacial score (nSPS) is 15.5. The third-order valence-corrected chi connectivity index (χ3v) is 7.46. The van der Waals surface area contributed by atoms with E-state index in [1.807, 2.05) is 0 Å². The number of hydrogen-bond donors (Lipinski definition) is 1. The van der Waals surface area contributed by atoms with Crippen molar-refractivity contribution < 1.29 is 76.3 Å². The van der Waals surface area contributed by atoms with Crippen LogP contribution in [0.4, 0.5) is 57.1 Å². The fourth-order valence-corrected chi connectivity index (χ4v) is 4.86. The Bertz CT molecular complexity index is 869. The molecule has 42 heavy (non-hydrogen) atoms. The van der Waals surface area contributed by atoms with Crippen molar-refractivity contribution in [1.29, 1.82) is 0 Å². The van der Waals surface area contributed by atoms with Gasteiger partial charge in [-0.3, -0.25) is 9.59 Å². The summed E-state index contributed by atoms with van der Waals surface area (Å²) in [4.78, 5) is 23.3. The molecule has 0 rings (SSSR count). The van der Waals surface area contributed by atoms with Crippen LogP contribution in [-0.2, 0) is 9.59 Å². The molecule has 0 aromatic heterocycles. The lowest BCUT2D eigenvalue weighted by atomic mass is 9.93. The van der Waals surface area contributed by atoms with Crippen LogP contribution in [0.3, 0.4) is 0 Å². The Hall–Kier alpha value is -1.46. The van der Waals surface area contributed by atoms with Crippen molar-refractivity contribution in [2.75, 3.05) is 32.4 Å². The maximum Gasteiger partial charge on any atom is 0.460 e. The molecule has 18 heteroatoms. The van der Waals surface area contributed by atoms with Crippen molar-refractivity contribution >= 4 is 22.8 Å². The summed E-state index contributed by atoms with van der Waals surface area (Å²) in [6.07, 6.45) is -3.03. The second-order valence-electron chi connectivity index (χ2n) is 10.3. The van der Waals surface area contributed by atoms with Crippen LogP contribution < -0.4 is 0 Å². The lowest BCUT2D eigenvalue weighted by Crippen LogP contribution is -2.70. The highest BCUT2D eigenvalue weighted by Crippen LogP contribution is 2.60. The molecule has 0 aliphatic heterocycles. The first kappa shape index (κ1) is 40.5. The van der Waals surface area contributed by atoms with Gasteiger partial charge in [-0.1, -0.05) is 57.2 Å². The molecule has 1 N–H and O–H groups in total. The van der Waals surface area contributed by atoms with Crippen LogP contribution in [0.15, 0.2) is 0 Å². The number of carboxylic acid groups (broad SMARTS) is 1. The summed E-state index contributed by atoms with van der Waals surface area (Å²) >= 11 is -0.112. The number of unbranched alkanes of at least 4 members (excludes halogenated alkanes) is 7. The third kappa shape index (κ3) is 10.3. The Morgan fingerprint density at radius 2 is 1.12 bits per heavy atom. The number of aliphatic carboxylic acids is 1. The van der Waals surface area contributed by atoms with E-state index >= 15 is 0 Å². The van der Waals surface area contributed by atoms with Gasteiger partial charge in [-0.15, -0.1) is 0 Å². The van der Waals surface area contributed by atoms with Gasteiger partial charge < -0.3 is 9.59 Å². The molecule has 0 aliphatic carbocycles. The van der Waals surface area contributed by atoms with Crippen molar-refractivity contribution in [2.45, 2.75) is 107 Å². The van der Waals surface area contributed by atoms with Gasteiger partial charge in [0, 0.05) is 12.2 Å². The Labute approximate surface area is 238 Å². The van der Waals surface area contributed by atoms with Crippen LogP contribution in [0.25, 0.3) is 0 Å². The van der Waals surface area contributed by atoms with Gasteiger partial charge in [0.15, 0.2) is 0 Å². The lowest BCUT2D eigenvalue weighted by molar-refractivity contribution is -0.901. The molecule has 0 saturated carbocycles. The van der Waals surface area contributed by atoms with E-state index < -0.39 is 72.0 Å². The number of quaternary nitrogens is 1. The highest BCUT2D eigenvalue weighted by atomic mass is 32.2. The van der Waals surface area contributed by atoms with E-state index in [0.717, 1.165) is 44.9 Å². The maximum absolute atomic E-state index is 14.0. The molecular formula is C24H35F13NO3S+. The van der Waals surface area contributed by atoms with Gasteiger partial charge in [0.25, 0.3) is 0 Å². The quantitative estimate of drug-likeness (QED) is 0.0761. The van der Waals surface area contributed by atoms with Crippen LogP contribution in [0.5, 0.6) is 0 Å². The maximum atomic E-state index is 14.0. The highest BCUT2D eigenvalue weighted by molar-refractivity contribution is 8.13. The van der Waals surface area contributed by atoms with Crippen LogP contribution in [0, 0.1) is 0 Å². The predicted molar refractivity (Wildman–Crippen MR) is 129 cm³/mol. The van der Waals surface area contributed by atoms with Crippen molar-refractivity contribution in [2.24, 2.45) is 0 Å². The zero-order valence-electron chi connectivity index (χ0n) is 22.9. The highest BCUT2D eigenvalue weighted by Gasteiger charge is 2.90. The summed E-state index contributed by atoms with van der Waals surface area (Å²) in [7, 11) is 1.47. The smallest absolute Gasteiger partial charge is 0.460 e. The van der Waals surface area contributed by atoms with Gasteiger partial charge in [-0.25, -0.2) is 0 Å². The molecular weight excluding hydrogens is 629 g/mol. The fourth-order valence-electron chi connectivity index (χ4n) is 3.87. The van der Waals surface area contributed by atoms with Crippen molar-refractivity contribution in [1.82, 2.24) is 0 Å².